The van der Waals surface area contributed by atoms with Gasteiger partial charge in [-0.3, -0.25) is 9.20 Å². The number of nitrogens with one attached hydrogen (secondary N) is 2. The molecule has 32 heavy (non-hydrogen) atoms. The summed E-state index contributed by atoms with van der Waals surface area (Å²) < 4.78 is 2.07. The fourth-order valence-electron chi connectivity index (χ4n) is 4.59. The molecule has 0 atom stereocenters. The van der Waals surface area contributed by atoms with Gasteiger partial charge in [0, 0.05) is 36.5 Å². The minimum atomic E-state index is -0.130. The molecule has 0 unspecified atom stereocenters. The van der Waals surface area contributed by atoms with Crippen molar-refractivity contribution in [2.45, 2.75) is 38.1 Å². The van der Waals surface area contributed by atoms with Gasteiger partial charge in [0.15, 0.2) is 0 Å². The molecule has 2 aromatic heterocycles. The van der Waals surface area contributed by atoms with E-state index in [4.69, 9.17) is 10.7 Å². The Morgan fingerprint density at radius 2 is 1.84 bits per heavy atom. The standard InChI is InChI=1S/C26H29N5O/c27-13-14-28-26(32)21-12-15-31-23(17-21)30-24(25(31)29-22-8-2-1-3-9-22)20-11-10-18-6-4-5-7-19(18)16-20/h4-7,10-12,15-17,22,29H,1-3,8-9,13-14,27H2,(H,28,32). The number of pyridine rings is 1. The number of imidazole rings is 1. The summed E-state index contributed by atoms with van der Waals surface area (Å²) in [5, 5.41) is 9.02. The van der Waals surface area contributed by atoms with Crippen LogP contribution in [0.2, 0.25) is 0 Å². The Balaban J connectivity index is 1.59. The molecule has 4 aromatic rings. The third-order valence-electron chi connectivity index (χ3n) is 6.29. The third-order valence-corrected chi connectivity index (χ3v) is 6.29. The predicted molar refractivity (Wildman–Crippen MR) is 130 cm³/mol. The van der Waals surface area contributed by atoms with Gasteiger partial charge in [-0.1, -0.05) is 55.7 Å². The monoisotopic (exact) mass is 427 g/mol. The SMILES string of the molecule is NCCNC(=O)c1ccn2c(NC3CCCCC3)c(-c3ccc4ccccc4c3)nc2c1. The Bertz CT molecular complexity index is 1260. The lowest BCUT2D eigenvalue weighted by atomic mass is 9.95. The van der Waals surface area contributed by atoms with E-state index in [0.717, 1.165) is 22.7 Å². The molecule has 0 bridgehead atoms. The maximum Gasteiger partial charge on any atom is 0.251 e. The van der Waals surface area contributed by atoms with Crippen LogP contribution in [-0.2, 0) is 0 Å². The summed E-state index contributed by atoms with van der Waals surface area (Å²) in [6.07, 6.45) is 8.10. The molecular weight excluding hydrogens is 398 g/mol. The van der Waals surface area contributed by atoms with E-state index >= 15 is 0 Å². The van der Waals surface area contributed by atoms with Gasteiger partial charge in [0.05, 0.1) is 0 Å². The molecule has 0 spiro atoms. The van der Waals surface area contributed by atoms with E-state index in [2.05, 4.69) is 57.5 Å². The van der Waals surface area contributed by atoms with Crippen LogP contribution in [-0.4, -0.2) is 34.4 Å². The molecule has 164 valence electrons. The summed E-state index contributed by atoms with van der Waals surface area (Å²) >= 11 is 0. The highest BCUT2D eigenvalue weighted by atomic mass is 16.1. The lowest BCUT2D eigenvalue weighted by Crippen LogP contribution is -2.29. The second-order valence-corrected chi connectivity index (χ2v) is 8.54. The summed E-state index contributed by atoms with van der Waals surface area (Å²) in [6.45, 7) is 0.869. The Labute approximate surface area is 187 Å². The van der Waals surface area contributed by atoms with Crippen LogP contribution in [0.1, 0.15) is 42.5 Å². The first-order valence-electron chi connectivity index (χ1n) is 11.5. The van der Waals surface area contributed by atoms with Crippen LogP contribution >= 0.6 is 0 Å². The first kappa shape index (κ1) is 20.5. The number of nitrogens with zero attached hydrogens (tertiary/aromatic N) is 2. The van der Waals surface area contributed by atoms with E-state index in [9.17, 15) is 4.79 Å². The van der Waals surface area contributed by atoms with E-state index in [-0.39, 0.29) is 5.91 Å². The number of carbonyl (C=O) groups excluding carboxylic acids is 1. The van der Waals surface area contributed by atoms with Crippen molar-refractivity contribution in [1.82, 2.24) is 14.7 Å². The van der Waals surface area contributed by atoms with Gasteiger partial charge in [0.25, 0.3) is 5.91 Å². The Hall–Kier alpha value is -3.38. The Morgan fingerprint density at radius 3 is 2.66 bits per heavy atom. The van der Waals surface area contributed by atoms with Crippen molar-refractivity contribution in [3.8, 4) is 11.3 Å². The van der Waals surface area contributed by atoms with Crippen LogP contribution in [0.5, 0.6) is 0 Å². The van der Waals surface area contributed by atoms with Crippen LogP contribution in [0.25, 0.3) is 27.7 Å². The summed E-state index contributed by atoms with van der Waals surface area (Å²) in [5.41, 5.74) is 8.85. The highest BCUT2D eigenvalue weighted by molar-refractivity contribution is 5.95. The molecular formula is C26H29N5O. The predicted octanol–water partition coefficient (Wildman–Crippen LogP) is 4.59. The van der Waals surface area contributed by atoms with E-state index < -0.39 is 0 Å². The first-order valence-corrected chi connectivity index (χ1v) is 11.5. The molecule has 2 aromatic carbocycles. The van der Waals surface area contributed by atoms with Crippen molar-refractivity contribution >= 4 is 28.1 Å². The van der Waals surface area contributed by atoms with Crippen molar-refractivity contribution in [2.75, 3.05) is 18.4 Å². The number of carbonyl (C=O) groups is 1. The molecule has 6 heteroatoms. The van der Waals surface area contributed by atoms with E-state index in [0.29, 0.717) is 24.7 Å². The Kier molecular flexibility index (Phi) is 5.77. The zero-order chi connectivity index (χ0) is 21.9. The van der Waals surface area contributed by atoms with E-state index in [1.807, 2.05) is 18.3 Å². The number of rotatable bonds is 6. The molecule has 1 fully saturated rings. The average Bonchev–Trinajstić information content (AvgIpc) is 3.20. The molecule has 0 aliphatic heterocycles. The first-order chi connectivity index (χ1) is 15.7. The number of hydrogen-bond acceptors (Lipinski definition) is 4. The number of anilines is 1. The number of aromatic nitrogens is 2. The van der Waals surface area contributed by atoms with Crippen LogP contribution < -0.4 is 16.4 Å². The van der Waals surface area contributed by atoms with Crippen molar-refractivity contribution in [3.05, 3.63) is 66.4 Å². The molecule has 0 radical (unpaired) electrons. The molecule has 1 amide bonds. The summed E-state index contributed by atoms with van der Waals surface area (Å²) in [4.78, 5) is 17.4. The highest BCUT2D eigenvalue weighted by Gasteiger charge is 2.20. The molecule has 1 aliphatic carbocycles. The maximum absolute atomic E-state index is 12.5. The molecule has 0 saturated heterocycles. The second kappa shape index (κ2) is 9.01. The van der Waals surface area contributed by atoms with Crippen molar-refractivity contribution in [1.29, 1.82) is 0 Å². The van der Waals surface area contributed by atoms with E-state index in [1.165, 1.54) is 42.9 Å². The van der Waals surface area contributed by atoms with Crippen molar-refractivity contribution < 1.29 is 4.79 Å². The lowest BCUT2D eigenvalue weighted by molar-refractivity contribution is 0.0954. The van der Waals surface area contributed by atoms with Gasteiger partial charge in [-0.15, -0.1) is 0 Å². The summed E-state index contributed by atoms with van der Waals surface area (Å²) in [6, 6.07) is 19.0. The van der Waals surface area contributed by atoms with Gasteiger partial charge in [0.2, 0.25) is 0 Å². The van der Waals surface area contributed by atoms with E-state index in [1.54, 1.807) is 0 Å². The fraction of sp³-hybridized carbons (Fsp3) is 0.308. The minimum absolute atomic E-state index is 0.130. The van der Waals surface area contributed by atoms with Crippen LogP contribution in [0, 0.1) is 0 Å². The highest BCUT2D eigenvalue weighted by Crippen LogP contribution is 2.33. The van der Waals surface area contributed by atoms with Crippen LogP contribution in [0.4, 0.5) is 5.82 Å². The van der Waals surface area contributed by atoms with Crippen LogP contribution in [0.15, 0.2) is 60.8 Å². The zero-order valence-corrected chi connectivity index (χ0v) is 18.2. The van der Waals surface area contributed by atoms with Crippen LogP contribution in [0.3, 0.4) is 0 Å². The molecule has 1 saturated carbocycles. The topological polar surface area (TPSA) is 84.5 Å². The van der Waals surface area contributed by atoms with Gasteiger partial charge in [0.1, 0.15) is 17.2 Å². The largest absolute Gasteiger partial charge is 0.367 e. The van der Waals surface area contributed by atoms with Gasteiger partial charge < -0.3 is 16.4 Å². The quantitative estimate of drug-likeness (QED) is 0.420. The summed E-state index contributed by atoms with van der Waals surface area (Å²) in [7, 11) is 0. The molecule has 5 rings (SSSR count). The lowest BCUT2D eigenvalue weighted by Gasteiger charge is -2.24. The fourth-order valence-corrected chi connectivity index (χ4v) is 4.59. The summed E-state index contributed by atoms with van der Waals surface area (Å²) in [5.74, 6) is 0.867. The number of amides is 1. The zero-order valence-electron chi connectivity index (χ0n) is 18.2. The Morgan fingerprint density at radius 1 is 1.03 bits per heavy atom. The second-order valence-electron chi connectivity index (χ2n) is 8.54. The number of nitrogens with two attached hydrogens (primary N) is 1. The molecule has 4 N–H and O–H groups in total. The van der Waals surface area contributed by atoms with Crippen molar-refractivity contribution in [2.24, 2.45) is 5.73 Å². The minimum Gasteiger partial charge on any atom is -0.367 e. The normalized spacial score (nSPS) is 14.7. The molecule has 6 nitrogen and oxygen atoms in total. The van der Waals surface area contributed by atoms with Gasteiger partial charge in [-0.25, -0.2) is 4.98 Å². The van der Waals surface area contributed by atoms with Gasteiger partial charge in [-0.05, 0) is 41.8 Å². The number of fused-ring (bicyclic) bond motifs is 2. The van der Waals surface area contributed by atoms with Gasteiger partial charge >= 0.3 is 0 Å². The molecule has 1 aliphatic rings. The van der Waals surface area contributed by atoms with Gasteiger partial charge in [-0.2, -0.15) is 0 Å². The maximum atomic E-state index is 12.5. The smallest absolute Gasteiger partial charge is 0.251 e. The third kappa shape index (κ3) is 4.06. The average molecular weight is 428 g/mol. The van der Waals surface area contributed by atoms with Crippen molar-refractivity contribution in [3.63, 3.8) is 0 Å². The number of hydrogen-bond donors (Lipinski definition) is 3. The number of benzene rings is 2. The molecule has 2 heterocycles.